The number of rotatable bonds is 8. The summed E-state index contributed by atoms with van der Waals surface area (Å²) in [7, 11) is 0. The lowest BCUT2D eigenvalue weighted by Crippen LogP contribution is -2.55. The Labute approximate surface area is 204 Å². The smallest absolute Gasteiger partial charge is 0.407 e. The van der Waals surface area contributed by atoms with Crippen LogP contribution in [-0.4, -0.2) is 41.8 Å². The third kappa shape index (κ3) is 4.43. The van der Waals surface area contributed by atoms with Crippen molar-refractivity contribution in [3.8, 4) is 11.1 Å². The maximum Gasteiger partial charge on any atom is 0.407 e. The molecule has 0 heterocycles. The summed E-state index contributed by atoms with van der Waals surface area (Å²) in [4.78, 5) is 36.9. The Kier molecular flexibility index (Phi) is 6.32. The van der Waals surface area contributed by atoms with Crippen LogP contribution in [-0.2, 0) is 14.3 Å². The van der Waals surface area contributed by atoms with Gasteiger partial charge in [0, 0.05) is 12.0 Å². The Balaban J connectivity index is 1.18. The minimum atomic E-state index is -0.793. The molecule has 2 aromatic rings. The molecule has 0 radical (unpaired) electrons. The Bertz CT molecular complexity index is 1120. The minimum absolute atomic E-state index is 0.0477. The van der Waals surface area contributed by atoms with Crippen molar-refractivity contribution in [2.24, 2.45) is 17.8 Å². The molecule has 0 saturated heterocycles. The van der Waals surface area contributed by atoms with Crippen LogP contribution in [0.5, 0.6) is 0 Å². The van der Waals surface area contributed by atoms with Crippen LogP contribution >= 0.6 is 0 Å². The second-order valence-corrected chi connectivity index (χ2v) is 9.83. The van der Waals surface area contributed by atoms with Crippen molar-refractivity contribution in [3.05, 3.63) is 72.3 Å². The van der Waals surface area contributed by atoms with Gasteiger partial charge in [0.1, 0.15) is 12.6 Å². The highest BCUT2D eigenvalue weighted by Gasteiger charge is 2.50. The highest BCUT2D eigenvalue weighted by molar-refractivity contribution is 5.86. The first-order valence-electron chi connectivity index (χ1n) is 12.2. The van der Waals surface area contributed by atoms with Gasteiger partial charge < -0.3 is 20.5 Å². The first-order valence-corrected chi connectivity index (χ1v) is 12.2. The summed E-state index contributed by atoms with van der Waals surface area (Å²) < 4.78 is 5.59. The van der Waals surface area contributed by atoms with Crippen LogP contribution in [0.2, 0.25) is 0 Å². The summed E-state index contributed by atoms with van der Waals surface area (Å²) in [5, 5.41) is 15.0. The first kappa shape index (κ1) is 23.1. The molecule has 3 aliphatic rings. The molecule has 5 unspecified atom stereocenters. The average molecular weight is 475 g/mol. The molecule has 7 heteroatoms. The van der Waals surface area contributed by atoms with Gasteiger partial charge in [0.25, 0.3) is 0 Å². The molecule has 182 valence electrons. The van der Waals surface area contributed by atoms with E-state index in [2.05, 4.69) is 41.5 Å². The number of hydrogen-bond acceptors (Lipinski definition) is 4. The zero-order valence-corrected chi connectivity index (χ0v) is 19.5. The average Bonchev–Trinajstić information content (AvgIpc) is 3.36. The quantitative estimate of drug-likeness (QED) is 0.500. The van der Waals surface area contributed by atoms with E-state index >= 15 is 0 Å². The molecular weight excluding hydrogens is 444 g/mol. The highest BCUT2D eigenvalue weighted by Crippen LogP contribution is 2.49. The second-order valence-electron chi connectivity index (χ2n) is 9.83. The normalized spacial score (nSPS) is 24.8. The van der Waals surface area contributed by atoms with Gasteiger partial charge >= 0.3 is 12.1 Å². The lowest BCUT2D eigenvalue weighted by molar-refractivity contribution is -0.141. The number of aliphatic carboxylic acids is 1. The topological polar surface area (TPSA) is 105 Å². The number of fused-ring (bicyclic) bond motifs is 4. The SMILES string of the molecule is C=CCC(NC(=O)OCC1c2ccccc2-c2ccccc21)C(=O)NC1CC2CC(C(=O)O)CC21. The molecular formula is C28H30N2O5. The van der Waals surface area contributed by atoms with Crippen LogP contribution in [0.25, 0.3) is 11.1 Å². The molecule has 35 heavy (non-hydrogen) atoms. The van der Waals surface area contributed by atoms with Crippen molar-refractivity contribution in [3.63, 3.8) is 0 Å². The second kappa shape index (κ2) is 9.56. The van der Waals surface area contributed by atoms with E-state index in [0.29, 0.717) is 18.8 Å². The molecule has 2 aromatic carbocycles. The number of nitrogens with one attached hydrogen (secondary N) is 2. The Morgan fingerprint density at radius 2 is 1.69 bits per heavy atom. The van der Waals surface area contributed by atoms with Crippen molar-refractivity contribution in [1.29, 1.82) is 0 Å². The van der Waals surface area contributed by atoms with Crippen molar-refractivity contribution in [2.45, 2.75) is 43.7 Å². The van der Waals surface area contributed by atoms with Crippen molar-refractivity contribution in [1.82, 2.24) is 10.6 Å². The zero-order chi connectivity index (χ0) is 24.5. The van der Waals surface area contributed by atoms with Gasteiger partial charge in [0.05, 0.1) is 5.92 Å². The summed E-state index contributed by atoms with van der Waals surface area (Å²) in [5.74, 6) is -0.883. The maximum absolute atomic E-state index is 12.9. The number of carbonyl (C=O) groups excluding carboxylic acids is 2. The van der Waals surface area contributed by atoms with Crippen molar-refractivity contribution < 1.29 is 24.2 Å². The van der Waals surface area contributed by atoms with Gasteiger partial charge in [-0.05, 0) is 59.8 Å². The monoisotopic (exact) mass is 474 g/mol. The van der Waals surface area contributed by atoms with E-state index in [9.17, 15) is 19.5 Å². The molecule has 0 bridgehead atoms. The van der Waals surface area contributed by atoms with Crippen molar-refractivity contribution >= 4 is 18.0 Å². The molecule has 0 spiro atoms. The van der Waals surface area contributed by atoms with Gasteiger partial charge in [-0.2, -0.15) is 0 Å². The summed E-state index contributed by atoms with van der Waals surface area (Å²) in [5.41, 5.74) is 4.55. The molecule has 2 fully saturated rings. The number of carboxylic acid groups (broad SMARTS) is 1. The van der Waals surface area contributed by atoms with E-state index in [1.807, 2.05) is 24.3 Å². The maximum atomic E-state index is 12.9. The molecule has 0 aliphatic heterocycles. The van der Waals surface area contributed by atoms with Gasteiger partial charge in [-0.1, -0.05) is 54.6 Å². The Morgan fingerprint density at radius 1 is 1.03 bits per heavy atom. The van der Waals surface area contributed by atoms with E-state index in [-0.39, 0.29) is 42.7 Å². The molecule has 2 saturated carbocycles. The van der Waals surface area contributed by atoms with Crippen LogP contribution in [0.3, 0.4) is 0 Å². The lowest BCUT2D eigenvalue weighted by Gasteiger charge is -2.41. The third-order valence-corrected chi connectivity index (χ3v) is 7.85. The third-order valence-electron chi connectivity index (χ3n) is 7.85. The number of hydrogen-bond donors (Lipinski definition) is 3. The molecule has 0 aromatic heterocycles. The molecule has 3 N–H and O–H groups in total. The summed E-state index contributed by atoms with van der Waals surface area (Å²) >= 11 is 0. The molecule has 5 rings (SSSR count). The van der Waals surface area contributed by atoms with Gasteiger partial charge in [0.2, 0.25) is 5.91 Å². The molecule has 7 nitrogen and oxygen atoms in total. The van der Waals surface area contributed by atoms with Gasteiger partial charge in [-0.3, -0.25) is 9.59 Å². The molecule has 3 aliphatic carbocycles. The fourth-order valence-electron chi connectivity index (χ4n) is 6.06. The summed E-state index contributed by atoms with van der Waals surface area (Å²) in [6.45, 7) is 3.88. The van der Waals surface area contributed by atoms with Gasteiger partial charge in [0.15, 0.2) is 0 Å². The first-order chi connectivity index (χ1) is 17.0. The number of benzene rings is 2. The van der Waals surface area contributed by atoms with E-state index in [4.69, 9.17) is 4.74 Å². The Hall–Kier alpha value is -3.61. The Morgan fingerprint density at radius 3 is 2.31 bits per heavy atom. The van der Waals surface area contributed by atoms with E-state index in [1.165, 1.54) is 0 Å². The fourth-order valence-corrected chi connectivity index (χ4v) is 6.06. The summed E-state index contributed by atoms with van der Waals surface area (Å²) in [6, 6.07) is 15.4. The largest absolute Gasteiger partial charge is 0.481 e. The predicted molar refractivity (Wildman–Crippen MR) is 131 cm³/mol. The summed E-state index contributed by atoms with van der Waals surface area (Å²) in [6.07, 6.45) is 3.28. The standard InChI is InChI=1S/C28H30N2O5/c1-2-7-24(26(31)29-25-14-16-12-17(27(32)33)13-22(16)25)30-28(34)35-15-23-20-10-5-3-8-18(20)19-9-4-6-11-21(19)23/h2-6,8-11,16-17,22-25H,1,7,12-15H2,(H,29,31)(H,30,34)(H,32,33). The number of ether oxygens (including phenoxy) is 1. The van der Waals surface area contributed by atoms with Crippen LogP contribution in [0.1, 0.15) is 42.7 Å². The van der Waals surface area contributed by atoms with E-state index in [1.54, 1.807) is 6.08 Å². The van der Waals surface area contributed by atoms with E-state index < -0.39 is 18.1 Å². The van der Waals surface area contributed by atoms with Gasteiger partial charge in [-0.25, -0.2) is 4.79 Å². The van der Waals surface area contributed by atoms with E-state index in [0.717, 1.165) is 28.7 Å². The lowest BCUT2D eigenvalue weighted by atomic mass is 9.71. The highest BCUT2D eigenvalue weighted by atomic mass is 16.5. The van der Waals surface area contributed by atoms with Crippen LogP contribution in [0.4, 0.5) is 4.79 Å². The minimum Gasteiger partial charge on any atom is -0.481 e. The van der Waals surface area contributed by atoms with Crippen LogP contribution in [0.15, 0.2) is 61.2 Å². The number of alkyl carbamates (subject to hydrolysis) is 1. The van der Waals surface area contributed by atoms with Crippen molar-refractivity contribution in [2.75, 3.05) is 6.61 Å². The van der Waals surface area contributed by atoms with Gasteiger partial charge in [-0.15, -0.1) is 6.58 Å². The molecule has 5 atom stereocenters. The number of amides is 2. The molecule has 2 amide bonds. The predicted octanol–water partition coefficient (Wildman–Crippen LogP) is 4.09. The fraction of sp³-hybridized carbons (Fsp3) is 0.393. The van der Waals surface area contributed by atoms with Crippen LogP contribution in [0, 0.1) is 17.8 Å². The van der Waals surface area contributed by atoms with Crippen LogP contribution < -0.4 is 10.6 Å². The zero-order valence-electron chi connectivity index (χ0n) is 19.5. The number of carbonyl (C=O) groups is 3. The number of carboxylic acids is 1.